The summed E-state index contributed by atoms with van der Waals surface area (Å²) in [6, 6.07) is 0. The van der Waals surface area contributed by atoms with Gasteiger partial charge in [-0.25, -0.2) is 17.6 Å². The summed E-state index contributed by atoms with van der Waals surface area (Å²) < 4.78 is 55.6. The highest BCUT2D eigenvalue weighted by Gasteiger charge is 2.28. The SMILES string of the molecule is Fc1c(F)c(F)c2c(c1F)COC2. The van der Waals surface area contributed by atoms with Crippen molar-refractivity contribution in [3.63, 3.8) is 0 Å². The average molecular weight is 192 g/mol. The quantitative estimate of drug-likeness (QED) is 0.348. The summed E-state index contributed by atoms with van der Waals surface area (Å²) in [5, 5.41) is 0. The summed E-state index contributed by atoms with van der Waals surface area (Å²) in [5.74, 6) is -6.26. The Bertz CT molecular complexity index is 340. The van der Waals surface area contributed by atoms with Crippen LogP contribution in [0.5, 0.6) is 0 Å². The fraction of sp³-hybridized carbons (Fsp3) is 0.250. The van der Waals surface area contributed by atoms with Crippen molar-refractivity contribution in [1.82, 2.24) is 0 Å². The van der Waals surface area contributed by atoms with Gasteiger partial charge in [-0.3, -0.25) is 0 Å². The van der Waals surface area contributed by atoms with Gasteiger partial charge < -0.3 is 4.74 Å². The molecule has 0 atom stereocenters. The lowest BCUT2D eigenvalue weighted by Crippen LogP contribution is -2.03. The van der Waals surface area contributed by atoms with Crippen LogP contribution >= 0.6 is 0 Å². The topological polar surface area (TPSA) is 9.23 Å². The summed E-state index contributed by atoms with van der Waals surface area (Å²) in [7, 11) is 0. The Morgan fingerprint density at radius 1 is 0.692 bits per heavy atom. The zero-order chi connectivity index (χ0) is 9.59. The molecule has 0 radical (unpaired) electrons. The Kier molecular flexibility index (Phi) is 1.76. The van der Waals surface area contributed by atoms with Crippen molar-refractivity contribution in [2.75, 3.05) is 0 Å². The van der Waals surface area contributed by atoms with Crippen LogP contribution in [0.4, 0.5) is 17.6 Å². The van der Waals surface area contributed by atoms with Gasteiger partial charge in [-0.05, 0) is 0 Å². The van der Waals surface area contributed by atoms with E-state index in [0.717, 1.165) is 0 Å². The van der Waals surface area contributed by atoms with Gasteiger partial charge in [0.25, 0.3) is 0 Å². The van der Waals surface area contributed by atoms with E-state index in [0.29, 0.717) is 0 Å². The Hall–Kier alpha value is -1.10. The minimum absolute atomic E-state index is 0.213. The summed E-state index contributed by atoms with van der Waals surface area (Å²) in [5.41, 5.74) is -0.451. The normalized spacial score (nSPS) is 14.8. The first-order chi connectivity index (χ1) is 6.13. The zero-order valence-electron chi connectivity index (χ0n) is 6.33. The zero-order valence-corrected chi connectivity index (χ0v) is 6.33. The lowest BCUT2D eigenvalue weighted by Gasteiger charge is -2.03. The predicted molar refractivity (Wildman–Crippen MR) is 34.8 cm³/mol. The molecule has 70 valence electrons. The van der Waals surface area contributed by atoms with E-state index in [1.54, 1.807) is 0 Å². The summed E-state index contributed by atoms with van der Waals surface area (Å²) >= 11 is 0. The van der Waals surface area contributed by atoms with E-state index in [1.165, 1.54) is 0 Å². The maximum absolute atomic E-state index is 12.9. The van der Waals surface area contributed by atoms with Crippen molar-refractivity contribution in [2.45, 2.75) is 13.2 Å². The fourth-order valence-electron chi connectivity index (χ4n) is 1.28. The van der Waals surface area contributed by atoms with E-state index >= 15 is 0 Å². The Morgan fingerprint density at radius 2 is 1.08 bits per heavy atom. The van der Waals surface area contributed by atoms with E-state index in [4.69, 9.17) is 0 Å². The van der Waals surface area contributed by atoms with E-state index in [9.17, 15) is 17.6 Å². The van der Waals surface area contributed by atoms with Crippen LogP contribution in [0, 0.1) is 23.3 Å². The van der Waals surface area contributed by atoms with Gasteiger partial charge >= 0.3 is 0 Å². The molecule has 0 saturated carbocycles. The second-order valence-electron chi connectivity index (χ2n) is 2.71. The molecule has 0 unspecified atom stereocenters. The second kappa shape index (κ2) is 2.70. The van der Waals surface area contributed by atoms with Crippen LogP contribution in [0.1, 0.15) is 11.1 Å². The molecule has 0 saturated heterocycles. The van der Waals surface area contributed by atoms with Crippen LogP contribution in [-0.2, 0) is 18.0 Å². The first-order valence-electron chi connectivity index (χ1n) is 3.54. The van der Waals surface area contributed by atoms with E-state index in [1.807, 2.05) is 0 Å². The van der Waals surface area contributed by atoms with E-state index in [2.05, 4.69) is 4.74 Å². The number of fused-ring (bicyclic) bond motifs is 1. The third-order valence-corrected chi connectivity index (χ3v) is 1.97. The van der Waals surface area contributed by atoms with Crippen LogP contribution < -0.4 is 0 Å². The number of rotatable bonds is 0. The Labute approximate surface area is 70.9 Å². The predicted octanol–water partition coefficient (Wildman–Crippen LogP) is 2.27. The lowest BCUT2D eigenvalue weighted by atomic mass is 10.1. The maximum Gasteiger partial charge on any atom is 0.197 e. The maximum atomic E-state index is 12.9. The van der Waals surface area contributed by atoms with Crippen molar-refractivity contribution < 1.29 is 22.3 Å². The largest absolute Gasteiger partial charge is 0.372 e. The van der Waals surface area contributed by atoms with Gasteiger partial charge in [0.1, 0.15) is 0 Å². The third-order valence-electron chi connectivity index (χ3n) is 1.97. The summed E-state index contributed by atoms with van der Waals surface area (Å²) in [6.07, 6.45) is 0. The van der Waals surface area contributed by atoms with E-state index < -0.39 is 23.3 Å². The third kappa shape index (κ3) is 1.03. The molecule has 5 heteroatoms. The van der Waals surface area contributed by atoms with Gasteiger partial charge in [0.05, 0.1) is 13.2 Å². The van der Waals surface area contributed by atoms with Crippen molar-refractivity contribution in [3.05, 3.63) is 34.4 Å². The fourth-order valence-corrected chi connectivity index (χ4v) is 1.28. The minimum atomic E-state index is -1.78. The highest BCUT2D eigenvalue weighted by Crippen LogP contribution is 2.29. The smallest absolute Gasteiger partial charge is 0.197 e. The first kappa shape index (κ1) is 8.50. The second-order valence-corrected chi connectivity index (χ2v) is 2.71. The summed E-state index contributed by atoms with van der Waals surface area (Å²) in [4.78, 5) is 0. The molecule has 0 bridgehead atoms. The van der Waals surface area contributed by atoms with Crippen LogP contribution in [0.2, 0.25) is 0 Å². The molecule has 0 spiro atoms. The molecular weight excluding hydrogens is 188 g/mol. The molecule has 0 aliphatic carbocycles. The number of halogens is 4. The monoisotopic (exact) mass is 192 g/mol. The lowest BCUT2D eigenvalue weighted by molar-refractivity contribution is 0.132. The van der Waals surface area contributed by atoms with Crippen LogP contribution in [-0.4, -0.2) is 0 Å². The van der Waals surface area contributed by atoms with Gasteiger partial charge in [0, 0.05) is 11.1 Å². The molecule has 1 aromatic carbocycles. The number of hydrogen-bond donors (Lipinski definition) is 0. The average Bonchev–Trinajstić information content (AvgIpc) is 2.59. The molecule has 13 heavy (non-hydrogen) atoms. The van der Waals surface area contributed by atoms with Gasteiger partial charge in [0.15, 0.2) is 23.3 Å². The molecule has 1 heterocycles. The highest BCUT2D eigenvalue weighted by molar-refractivity contribution is 5.33. The Morgan fingerprint density at radius 3 is 1.46 bits per heavy atom. The van der Waals surface area contributed by atoms with Crippen LogP contribution in [0.15, 0.2) is 0 Å². The van der Waals surface area contributed by atoms with E-state index in [-0.39, 0.29) is 24.3 Å². The van der Waals surface area contributed by atoms with Crippen molar-refractivity contribution in [1.29, 1.82) is 0 Å². The van der Waals surface area contributed by atoms with Crippen molar-refractivity contribution in [3.8, 4) is 0 Å². The van der Waals surface area contributed by atoms with Gasteiger partial charge in [-0.1, -0.05) is 0 Å². The standard InChI is InChI=1S/C8H4F4O/c9-5-3-1-13-2-4(3)6(10)8(12)7(5)11/h1-2H2. The molecule has 0 fully saturated rings. The molecule has 1 aliphatic heterocycles. The van der Waals surface area contributed by atoms with Gasteiger partial charge in [-0.2, -0.15) is 0 Å². The molecule has 2 rings (SSSR count). The number of ether oxygens (including phenoxy) is 1. The highest BCUT2D eigenvalue weighted by atomic mass is 19.2. The van der Waals surface area contributed by atoms with Crippen molar-refractivity contribution in [2.24, 2.45) is 0 Å². The molecule has 1 aromatic rings. The molecule has 0 amide bonds. The molecule has 1 nitrogen and oxygen atoms in total. The van der Waals surface area contributed by atoms with Gasteiger partial charge in [0.2, 0.25) is 0 Å². The molecule has 0 aromatic heterocycles. The van der Waals surface area contributed by atoms with Gasteiger partial charge in [-0.15, -0.1) is 0 Å². The molecule has 0 N–H and O–H groups in total. The van der Waals surface area contributed by atoms with Crippen molar-refractivity contribution >= 4 is 0 Å². The first-order valence-corrected chi connectivity index (χ1v) is 3.54. The molecule has 1 aliphatic rings. The van der Waals surface area contributed by atoms with Crippen LogP contribution in [0.3, 0.4) is 0 Å². The minimum Gasteiger partial charge on any atom is -0.372 e. The number of hydrogen-bond acceptors (Lipinski definition) is 1. The Balaban J connectivity index is 2.77. The van der Waals surface area contributed by atoms with Crippen LogP contribution in [0.25, 0.3) is 0 Å². The molecular formula is C8H4F4O. The number of benzene rings is 1. The summed E-state index contributed by atoms with van der Waals surface area (Å²) in [6.45, 7) is -0.426.